The third-order valence-corrected chi connectivity index (χ3v) is 0.889. The van der Waals surface area contributed by atoms with Crippen LogP contribution in [0.15, 0.2) is 48.6 Å². The lowest BCUT2D eigenvalue weighted by molar-refractivity contribution is 1.81. The van der Waals surface area contributed by atoms with Crippen molar-refractivity contribution in [2.24, 2.45) is 0 Å². The van der Waals surface area contributed by atoms with Gasteiger partial charge in [-0.1, -0.05) is 48.6 Å². The third kappa shape index (κ3) is 1.61. The molecule has 40 valence electrons. The highest BCUT2D eigenvalue weighted by Gasteiger charge is 1.65. The van der Waals surface area contributed by atoms with Gasteiger partial charge in [-0.25, -0.2) is 0 Å². The molecule has 1 rings (SSSR count). The summed E-state index contributed by atoms with van der Waals surface area (Å²) in [5, 5.41) is 0. The SMILES string of the molecule is C1=C\C=C\C=C\C=C/1. The van der Waals surface area contributed by atoms with Gasteiger partial charge in [0.15, 0.2) is 0 Å². The summed E-state index contributed by atoms with van der Waals surface area (Å²) in [6.07, 6.45) is 16.0. The number of rotatable bonds is 0. The lowest BCUT2D eigenvalue weighted by atomic mass is 10.3. The van der Waals surface area contributed by atoms with Gasteiger partial charge in [0.25, 0.3) is 0 Å². The van der Waals surface area contributed by atoms with Gasteiger partial charge in [-0.3, -0.25) is 0 Å². The van der Waals surface area contributed by atoms with Crippen molar-refractivity contribution in [2.45, 2.75) is 0 Å². The second-order valence-corrected chi connectivity index (χ2v) is 1.54. The van der Waals surface area contributed by atoms with Gasteiger partial charge in [-0.2, -0.15) is 0 Å². The van der Waals surface area contributed by atoms with Gasteiger partial charge in [-0.05, 0) is 0 Å². The molecule has 0 unspecified atom stereocenters. The molecular weight excluding hydrogens is 96.1 g/mol. The Labute approximate surface area is 49.5 Å². The van der Waals surface area contributed by atoms with Crippen LogP contribution < -0.4 is 0 Å². The van der Waals surface area contributed by atoms with Crippen molar-refractivity contribution in [3.63, 3.8) is 0 Å². The first-order chi connectivity index (χ1) is 4.00. The lowest BCUT2D eigenvalue weighted by Gasteiger charge is -1.77. The normalized spacial score (nSPS) is 32.0. The molecule has 0 aromatic carbocycles. The van der Waals surface area contributed by atoms with E-state index in [9.17, 15) is 0 Å². The minimum absolute atomic E-state index is 2.00. The quantitative estimate of drug-likeness (QED) is 0.442. The maximum absolute atomic E-state index is 2.00. The molecule has 0 heterocycles. The molecule has 0 spiro atoms. The summed E-state index contributed by atoms with van der Waals surface area (Å²) in [6, 6.07) is 0. The van der Waals surface area contributed by atoms with Gasteiger partial charge in [0.05, 0.1) is 0 Å². The molecule has 0 N–H and O–H groups in total. The molecule has 0 saturated carbocycles. The third-order valence-electron chi connectivity index (χ3n) is 0.889. The first kappa shape index (κ1) is 5.10. The summed E-state index contributed by atoms with van der Waals surface area (Å²) in [6.45, 7) is 0. The Morgan fingerprint density at radius 1 is 0.250 bits per heavy atom. The Hall–Kier alpha value is -1.04. The summed E-state index contributed by atoms with van der Waals surface area (Å²) in [7, 11) is 0. The van der Waals surface area contributed by atoms with Crippen molar-refractivity contribution < 1.29 is 0 Å². The van der Waals surface area contributed by atoms with Gasteiger partial charge in [0.1, 0.15) is 0 Å². The van der Waals surface area contributed by atoms with Gasteiger partial charge in [0, 0.05) is 0 Å². The summed E-state index contributed by atoms with van der Waals surface area (Å²) in [5.74, 6) is 0. The molecule has 0 aliphatic heterocycles. The molecule has 8 heavy (non-hydrogen) atoms. The summed E-state index contributed by atoms with van der Waals surface area (Å²) >= 11 is 0. The summed E-state index contributed by atoms with van der Waals surface area (Å²) in [5.41, 5.74) is 0. The average molecular weight is 104 g/mol. The average Bonchev–Trinajstić information content (AvgIpc) is 1.62. The number of hydrogen-bond acceptors (Lipinski definition) is 0. The van der Waals surface area contributed by atoms with Crippen LogP contribution in [-0.2, 0) is 0 Å². The molecular formula is C8H8. The highest BCUT2D eigenvalue weighted by Crippen LogP contribution is 1.87. The second kappa shape index (κ2) is 3.03. The van der Waals surface area contributed by atoms with E-state index in [-0.39, 0.29) is 0 Å². The molecule has 0 fully saturated rings. The fourth-order valence-electron chi connectivity index (χ4n) is 0.513. The fourth-order valence-corrected chi connectivity index (χ4v) is 0.513. The fraction of sp³-hybridized carbons (Fsp3) is 0. The maximum Gasteiger partial charge on any atom is -0.0623 e. The van der Waals surface area contributed by atoms with E-state index in [0.717, 1.165) is 0 Å². The molecule has 0 radical (unpaired) electrons. The molecule has 0 nitrogen and oxygen atoms in total. The van der Waals surface area contributed by atoms with Crippen molar-refractivity contribution in [2.75, 3.05) is 0 Å². The summed E-state index contributed by atoms with van der Waals surface area (Å²) < 4.78 is 0. The van der Waals surface area contributed by atoms with Gasteiger partial charge in [-0.15, -0.1) is 0 Å². The second-order valence-electron chi connectivity index (χ2n) is 1.54. The van der Waals surface area contributed by atoms with E-state index in [0.29, 0.717) is 0 Å². The minimum Gasteiger partial charge on any atom is -0.0623 e. The van der Waals surface area contributed by atoms with E-state index in [4.69, 9.17) is 0 Å². The van der Waals surface area contributed by atoms with Crippen molar-refractivity contribution in [1.82, 2.24) is 0 Å². The van der Waals surface area contributed by atoms with Crippen LogP contribution in [0.25, 0.3) is 0 Å². The predicted molar refractivity (Wildman–Crippen MR) is 36.6 cm³/mol. The zero-order valence-electron chi connectivity index (χ0n) is 4.62. The van der Waals surface area contributed by atoms with E-state index < -0.39 is 0 Å². The molecule has 0 aromatic heterocycles. The Bertz CT molecular complexity index is 101. The number of hydrogen-bond donors (Lipinski definition) is 0. The summed E-state index contributed by atoms with van der Waals surface area (Å²) in [4.78, 5) is 0. The first-order valence-electron chi connectivity index (χ1n) is 2.67. The van der Waals surface area contributed by atoms with Gasteiger partial charge in [0.2, 0.25) is 0 Å². The zero-order valence-corrected chi connectivity index (χ0v) is 4.62. The molecule has 0 heteroatoms. The van der Waals surface area contributed by atoms with Crippen molar-refractivity contribution >= 4 is 0 Å². The molecule has 0 aromatic rings. The number of allylic oxidation sites excluding steroid dienone is 8. The highest BCUT2D eigenvalue weighted by molar-refractivity contribution is 5.23. The monoisotopic (exact) mass is 104 g/mol. The molecule has 0 atom stereocenters. The van der Waals surface area contributed by atoms with Crippen LogP contribution in [0.3, 0.4) is 0 Å². The van der Waals surface area contributed by atoms with Crippen LogP contribution in [0.4, 0.5) is 0 Å². The predicted octanol–water partition coefficient (Wildman–Crippen LogP) is 2.22. The van der Waals surface area contributed by atoms with Crippen molar-refractivity contribution in [3.8, 4) is 0 Å². The van der Waals surface area contributed by atoms with Crippen LogP contribution in [-0.4, -0.2) is 0 Å². The standard InChI is InChI=1S/C8H8/c1-2-4-6-8-7-5-3-1/h1-8H/b2-1-,3-1?,4-2?,5-3-,6-4+,7-5?,8-6?,8-7+. The Balaban J connectivity index is 2.67. The van der Waals surface area contributed by atoms with E-state index in [1.165, 1.54) is 0 Å². The van der Waals surface area contributed by atoms with E-state index in [1.807, 2.05) is 48.6 Å². The Kier molecular flexibility index (Phi) is 1.93. The van der Waals surface area contributed by atoms with Gasteiger partial charge >= 0.3 is 0 Å². The first-order valence-corrected chi connectivity index (χ1v) is 2.67. The largest absolute Gasteiger partial charge is 0.0623 e. The Morgan fingerprint density at radius 2 is 0.375 bits per heavy atom. The van der Waals surface area contributed by atoms with Crippen LogP contribution >= 0.6 is 0 Å². The van der Waals surface area contributed by atoms with Crippen LogP contribution in [0.5, 0.6) is 0 Å². The van der Waals surface area contributed by atoms with Crippen LogP contribution in [0.2, 0.25) is 0 Å². The highest BCUT2D eigenvalue weighted by atomic mass is 13.7. The molecule has 1 aliphatic rings. The lowest BCUT2D eigenvalue weighted by Crippen LogP contribution is -1.55. The van der Waals surface area contributed by atoms with Crippen LogP contribution in [0.1, 0.15) is 0 Å². The Morgan fingerprint density at radius 3 is 0.500 bits per heavy atom. The molecule has 1 aliphatic carbocycles. The van der Waals surface area contributed by atoms with Gasteiger partial charge < -0.3 is 0 Å². The van der Waals surface area contributed by atoms with Crippen molar-refractivity contribution in [3.05, 3.63) is 48.6 Å². The molecule has 0 saturated heterocycles. The smallest absolute Gasteiger partial charge is 0.0623 e. The maximum atomic E-state index is 2.00. The van der Waals surface area contributed by atoms with Crippen molar-refractivity contribution in [1.29, 1.82) is 0 Å². The van der Waals surface area contributed by atoms with E-state index in [2.05, 4.69) is 0 Å². The molecule has 0 amide bonds. The topological polar surface area (TPSA) is 0 Å². The van der Waals surface area contributed by atoms with E-state index >= 15 is 0 Å². The zero-order chi connectivity index (χ0) is 5.66. The molecule has 0 bridgehead atoms. The van der Waals surface area contributed by atoms with Crippen LogP contribution in [0, 0.1) is 0 Å². The minimum atomic E-state index is 2.00. The van der Waals surface area contributed by atoms with E-state index in [1.54, 1.807) is 0 Å².